The molecule has 0 atom stereocenters. The lowest BCUT2D eigenvalue weighted by Crippen LogP contribution is -2.28. The number of methoxy groups -OCH3 is 1. The molecular weight excluding hydrogens is 304 g/mol. The maximum atomic E-state index is 12.4. The fraction of sp³-hybridized carbons (Fsp3) is 0.389. The van der Waals surface area contributed by atoms with Crippen LogP contribution in [0, 0.1) is 0 Å². The number of rotatable bonds is 8. The number of carbonyl (C=O) groups is 1. The Hall–Kier alpha value is -2.63. The molecule has 1 amide bonds. The summed E-state index contributed by atoms with van der Waals surface area (Å²) in [5.41, 5.74) is 1.39. The number of carbonyl (C=O) groups excluding carboxylic acids is 1. The number of hydrogen-bond acceptors (Lipinski definition) is 5. The highest BCUT2D eigenvalue weighted by atomic mass is 16.5. The molecule has 0 aliphatic heterocycles. The number of para-hydroxylation sites is 1. The summed E-state index contributed by atoms with van der Waals surface area (Å²) in [6.45, 7) is 3.35. The number of aromatic nitrogens is 2. The largest absolute Gasteiger partial charge is 0.496 e. The van der Waals surface area contributed by atoms with E-state index in [2.05, 4.69) is 22.2 Å². The molecule has 0 unspecified atom stereocenters. The van der Waals surface area contributed by atoms with Gasteiger partial charge in [-0.3, -0.25) is 4.79 Å². The Balaban J connectivity index is 2.03. The predicted molar refractivity (Wildman–Crippen MR) is 94.2 cm³/mol. The van der Waals surface area contributed by atoms with Gasteiger partial charge in [0.1, 0.15) is 11.4 Å². The zero-order valence-corrected chi connectivity index (χ0v) is 14.5. The van der Waals surface area contributed by atoms with Crippen molar-refractivity contribution >= 4 is 11.9 Å². The molecule has 0 fully saturated rings. The molecule has 1 N–H and O–H groups in total. The molecule has 1 aromatic carbocycles. The van der Waals surface area contributed by atoms with Gasteiger partial charge < -0.3 is 15.0 Å². The Labute approximate surface area is 142 Å². The van der Waals surface area contributed by atoms with Crippen LogP contribution in [0.5, 0.6) is 5.75 Å². The monoisotopic (exact) mass is 328 g/mol. The van der Waals surface area contributed by atoms with Gasteiger partial charge in [-0.05, 0) is 18.6 Å². The Morgan fingerprint density at radius 3 is 2.83 bits per heavy atom. The van der Waals surface area contributed by atoms with E-state index in [1.807, 2.05) is 24.3 Å². The summed E-state index contributed by atoms with van der Waals surface area (Å²) in [4.78, 5) is 22.6. The molecule has 6 nitrogen and oxygen atoms in total. The number of anilines is 1. The van der Waals surface area contributed by atoms with E-state index in [9.17, 15) is 4.79 Å². The number of amides is 1. The van der Waals surface area contributed by atoms with Crippen LogP contribution in [-0.4, -0.2) is 41.5 Å². The average Bonchev–Trinajstić information content (AvgIpc) is 2.64. The van der Waals surface area contributed by atoms with Gasteiger partial charge in [-0.15, -0.1) is 0 Å². The van der Waals surface area contributed by atoms with Crippen LogP contribution in [-0.2, 0) is 6.54 Å². The third kappa shape index (κ3) is 4.68. The van der Waals surface area contributed by atoms with Gasteiger partial charge in [-0.1, -0.05) is 31.5 Å². The van der Waals surface area contributed by atoms with Gasteiger partial charge >= 0.3 is 0 Å². The number of ether oxygens (including phenoxy) is 1. The summed E-state index contributed by atoms with van der Waals surface area (Å²) in [6.07, 6.45) is 3.62. The van der Waals surface area contributed by atoms with Crippen molar-refractivity contribution < 1.29 is 9.53 Å². The Morgan fingerprint density at radius 1 is 1.29 bits per heavy atom. The van der Waals surface area contributed by atoms with Gasteiger partial charge in [0.25, 0.3) is 5.91 Å². The van der Waals surface area contributed by atoms with Gasteiger partial charge in [0.05, 0.1) is 7.11 Å². The van der Waals surface area contributed by atoms with Crippen LogP contribution in [0.1, 0.15) is 35.8 Å². The lowest BCUT2D eigenvalue weighted by molar-refractivity contribution is 0.0787. The normalized spacial score (nSPS) is 10.3. The highest BCUT2D eigenvalue weighted by Crippen LogP contribution is 2.18. The quantitative estimate of drug-likeness (QED) is 0.807. The fourth-order valence-corrected chi connectivity index (χ4v) is 2.28. The van der Waals surface area contributed by atoms with E-state index in [1.165, 1.54) is 0 Å². The maximum Gasteiger partial charge on any atom is 0.272 e. The Kier molecular flexibility index (Phi) is 6.54. The third-order valence-corrected chi connectivity index (χ3v) is 3.70. The lowest BCUT2D eigenvalue weighted by atomic mass is 10.2. The topological polar surface area (TPSA) is 67.4 Å². The van der Waals surface area contributed by atoms with Crippen molar-refractivity contribution in [3.8, 4) is 5.75 Å². The van der Waals surface area contributed by atoms with Gasteiger partial charge in [0, 0.05) is 31.9 Å². The van der Waals surface area contributed by atoms with Crippen molar-refractivity contribution in [3.05, 3.63) is 47.8 Å². The second-order valence-electron chi connectivity index (χ2n) is 5.51. The summed E-state index contributed by atoms with van der Waals surface area (Å²) in [6, 6.07) is 9.38. The molecule has 6 heteroatoms. The van der Waals surface area contributed by atoms with Crippen LogP contribution < -0.4 is 10.1 Å². The molecule has 0 saturated heterocycles. The van der Waals surface area contributed by atoms with Gasteiger partial charge in [0.2, 0.25) is 5.95 Å². The second kappa shape index (κ2) is 8.86. The summed E-state index contributed by atoms with van der Waals surface area (Å²) in [5.74, 6) is 1.14. The average molecular weight is 328 g/mol. The zero-order chi connectivity index (χ0) is 17.4. The fourth-order valence-electron chi connectivity index (χ4n) is 2.28. The highest BCUT2D eigenvalue weighted by Gasteiger charge is 2.13. The Morgan fingerprint density at radius 2 is 2.08 bits per heavy atom. The van der Waals surface area contributed by atoms with E-state index in [-0.39, 0.29) is 5.91 Å². The number of benzene rings is 1. The molecule has 2 aromatic rings. The standard InChI is InChI=1S/C18H24N4O2/c1-4-5-12-22(2)17(23)15-10-11-19-18(21-15)20-13-14-8-6-7-9-16(14)24-3/h6-11H,4-5,12-13H2,1-3H3,(H,19,20,21). The van der Waals surface area contributed by atoms with E-state index >= 15 is 0 Å². The summed E-state index contributed by atoms with van der Waals surface area (Å²) < 4.78 is 5.32. The van der Waals surface area contributed by atoms with Crippen molar-refractivity contribution in [3.63, 3.8) is 0 Å². The first-order chi connectivity index (χ1) is 11.7. The molecule has 128 valence electrons. The van der Waals surface area contributed by atoms with Crippen LogP contribution in [0.25, 0.3) is 0 Å². The molecule has 0 aliphatic rings. The van der Waals surface area contributed by atoms with Crippen LogP contribution in [0.2, 0.25) is 0 Å². The maximum absolute atomic E-state index is 12.4. The molecule has 1 heterocycles. The predicted octanol–water partition coefficient (Wildman–Crippen LogP) is 2.97. The van der Waals surface area contributed by atoms with Gasteiger partial charge in [-0.25, -0.2) is 9.97 Å². The van der Waals surface area contributed by atoms with Crippen molar-refractivity contribution in [2.24, 2.45) is 0 Å². The molecule has 24 heavy (non-hydrogen) atoms. The van der Waals surface area contributed by atoms with Crippen molar-refractivity contribution in [1.82, 2.24) is 14.9 Å². The number of nitrogens with zero attached hydrogens (tertiary/aromatic N) is 3. The van der Waals surface area contributed by atoms with Crippen molar-refractivity contribution in [2.75, 3.05) is 26.0 Å². The van der Waals surface area contributed by atoms with E-state index in [4.69, 9.17) is 4.74 Å². The lowest BCUT2D eigenvalue weighted by Gasteiger charge is -2.16. The SMILES string of the molecule is CCCCN(C)C(=O)c1ccnc(NCc2ccccc2OC)n1. The molecule has 0 aliphatic carbocycles. The van der Waals surface area contributed by atoms with Crippen molar-refractivity contribution in [2.45, 2.75) is 26.3 Å². The smallest absolute Gasteiger partial charge is 0.272 e. The van der Waals surface area contributed by atoms with Gasteiger partial charge in [0.15, 0.2) is 0 Å². The molecule has 0 saturated carbocycles. The second-order valence-corrected chi connectivity index (χ2v) is 5.51. The van der Waals surface area contributed by atoms with E-state index in [0.717, 1.165) is 30.7 Å². The summed E-state index contributed by atoms with van der Waals surface area (Å²) in [7, 11) is 3.43. The van der Waals surface area contributed by atoms with Crippen LogP contribution in [0.3, 0.4) is 0 Å². The first-order valence-electron chi connectivity index (χ1n) is 8.10. The minimum atomic E-state index is -0.0915. The van der Waals surface area contributed by atoms with E-state index in [0.29, 0.717) is 18.2 Å². The number of nitrogens with one attached hydrogen (secondary N) is 1. The number of unbranched alkanes of at least 4 members (excludes halogenated alkanes) is 1. The first-order valence-corrected chi connectivity index (χ1v) is 8.10. The van der Waals surface area contributed by atoms with E-state index in [1.54, 1.807) is 31.3 Å². The minimum Gasteiger partial charge on any atom is -0.496 e. The summed E-state index contributed by atoms with van der Waals surface area (Å²) >= 11 is 0. The van der Waals surface area contributed by atoms with Gasteiger partial charge in [-0.2, -0.15) is 0 Å². The summed E-state index contributed by atoms with van der Waals surface area (Å²) in [5, 5.41) is 3.14. The van der Waals surface area contributed by atoms with Crippen LogP contribution in [0.15, 0.2) is 36.5 Å². The first kappa shape index (κ1) is 17.7. The van der Waals surface area contributed by atoms with Crippen molar-refractivity contribution in [1.29, 1.82) is 0 Å². The highest BCUT2D eigenvalue weighted by molar-refractivity contribution is 5.92. The molecular formula is C18H24N4O2. The Bertz CT molecular complexity index is 676. The minimum absolute atomic E-state index is 0.0915. The van der Waals surface area contributed by atoms with Crippen LogP contribution in [0.4, 0.5) is 5.95 Å². The van der Waals surface area contributed by atoms with E-state index < -0.39 is 0 Å². The molecule has 2 rings (SSSR count). The van der Waals surface area contributed by atoms with Crippen LogP contribution >= 0.6 is 0 Å². The molecule has 0 bridgehead atoms. The molecule has 1 aromatic heterocycles. The zero-order valence-electron chi connectivity index (χ0n) is 14.5. The third-order valence-electron chi connectivity index (χ3n) is 3.70. The number of hydrogen-bond donors (Lipinski definition) is 1. The molecule has 0 spiro atoms. The molecule has 0 radical (unpaired) electrons.